The van der Waals surface area contributed by atoms with E-state index in [0.717, 1.165) is 0 Å². The fourth-order valence-electron chi connectivity index (χ4n) is 1.24. The van der Waals surface area contributed by atoms with Gasteiger partial charge in [0.1, 0.15) is 5.75 Å². The van der Waals surface area contributed by atoms with Crippen molar-refractivity contribution in [3.05, 3.63) is 29.8 Å². The highest BCUT2D eigenvalue weighted by molar-refractivity contribution is 5.95. The highest BCUT2D eigenvalue weighted by Crippen LogP contribution is 2.14. The maximum absolute atomic E-state index is 11.4. The molecule has 0 saturated carbocycles. The summed E-state index contributed by atoms with van der Waals surface area (Å²) in [5.74, 6) is 0.0162. The maximum atomic E-state index is 11.4. The van der Waals surface area contributed by atoms with Crippen LogP contribution in [0.2, 0.25) is 0 Å². The van der Waals surface area contributed by atoms with Crippen molar-refractivity contribution in [2.24, 2.45) is 11.7 Å². The molecule has 2 N–H and O–H groups in total. The molecule has 1 rings (SSSR count). The molecule has 92 valence electrons. The van der Waals surface area contributed by atoms with Crippen LogP contribution in [0.25, 0.3) is 0 Å². The molecule has 0 aliphatic rings. The lowest BCUT2D eigenvalue weighted by atomic mass is 10.1. The molecule has 1 aromatic carbocycles. The Morgan fingerprint density at radius 1 is 1.29 bits per heavy atom. The van der Waals surface area contributed by atoms with Crippen molar-refractivity contribution in [3.63, 3.8) is 0 Å². The zero-order chi connectivity index (χ0) is 12.8. The first-order chi connectivity index (χ1) is 8.04. The number of amides is 1. The largest absolute Gasteiger partial charge is 0.493 e. The third-order valence-corrected chi connectivity index (χ3v) is 2.48. The fraction of sp³-hybridized carbons (Fsp3) is 0.385. The van der Waals surface area contributed by atoms with Crippen LogP contribution in [0.15, 0.2) is 24.3 Å². The number of ether oxygens (including phenoxy) is 1. The van der Waals surface area contributed by atoms with Gasteiger partial charge >= 0.3 is 0 Å². The van der Waals surface area contributed by atoms with Gasteiger partial charge in [0, 0.05) is 12.0 Å². The molecule has 0 aliphatic heterocycles. The summed E-state index contributed by atoms with van der Waals surface area (Å²) in [6, 6.07) is 6.87. The second-order valence-corrected chi connectivity index (χ2v) is 3.92. The van der Waals surface area contributed by atoms with Crippen LogP contribution < -0.4 is 10.5 Å². The third kappa shape index (κ3) is 3.90. The summed E-state index contributed by atoms with van der Waals surface area (Å²) in [5, 5.41) is 0. The van der Waals surface area contributed by atoms with Gasteiger partial charge in [-0.1, -0.05) is 13.8 Å². The summed E-state index contributed by atoms with van der Waals surface area (Å²) in [6.45, 7) is 3.77. The molecule has 4 nitrogen and oxygen atoms in total. The van der Waals surface area contributed by atoms with Crippen molar-refractivity contribution < 1.29 is 14.3 Å². The minimum absolute atomic E-state index is 0.0991. The van der Waals surface area contributed by atoms with Crippen LogP contribution in [0.5, 0.6) is 5.75 Å². The maximum Gasteiger partial charge on any atom is 0.223 e. The Morgan fingerprint density at radius 3 is 2.35 bits per heavy atom. The molecule has 0 saturated heterocycles. The van der Waals surface area contributed by atoms with Crippen LogP contribution in [-0.2, 0) is 4.79 Å². The number of Topliss-reactive ketones (excluding diaryl/α,β-unsaturated/α-hetero) is 1. The van der Waals surface area contributed by atoms with Crippen LogP contribution in [0.3, 0.4) is 0 Å². The minimum atomic E-state index is -0.386. The topological polar surface area (TPSA) is 69.4 Å². The molecule has 0 heterocycles. The average molecular weight is 235 g/mol. The number of rotatable bonds is 6. The van der Waals surface area contributed by atoms with Gasteiger partial charge in [-0.15, -0.1) is 0 Å². The summed E-state index contributed by atoms with van der Waals surface area (Å²) < 4.78 is 5.39. The van der Waals surface area contributed by atoms with Gasteiger partial charge in [-0.25, -0.2) is 0 Å². The van der Waals surface area contributed by atoms with Gasteiger partial charge in [-0.3, -0.25) is 9.59 Å². The lowest BCUT2D eigenvalue weighted by Crippen LogP contribution is -2.25. The summed E-state index contributed by atoms with van der Waals surface area (Å²) >= 11 is 0. The molecule has 0 bridgehead atoms. The smallest absolute Gasteiger partial charge is 0.223 e. The number of carbonyl (C=O) groups excluding carboxylic acids is 2. The van der Waals surface area contributed by atoms with E-state index in [2.05, 4.69) is 0 Å². The van der Waals surface area contributed by atoms with E-state index in [9.17, 15) is 9.59 Å². The Kier molecular flexibility index (Phi) is 4.69. The monoisotopic (exact) mass is 235 g/mol. The average Bonchev–Trinajstić information content (AvgIpc) is 2.35. The number of benzene rings is 1. The molecule has 1 unspecified atom stereocenters. The van der Waals surface area contributed by atoms with Crippen LogP contribution >= 0.6 is 0 Å². The number of hydrogen-bond donors (Lipinski definition) is 1. The third-order valence-electron chi connectivity index (χ3n) is 2.48. The van der Waals surface area contributed by atoms with Crippen molar-refractivity contribution in [1.82, 2.24) is 0 Å². The van der Waals surface area contributed by atoms with Gasteiger partial charge in [-0.05, 0) is 24.3 Å². The van der Waals surface area contributed by atoms with Gasteiger partial charge < -0.3 is 10.5 Å². The van der Waals surface area contributed by atoms with Crippen molar-refractivity contribution in [3.8, 4) is 5.75 Å². The number of ketones is 1. The molecule has 1 atom stereocenters. The lowest BCUT2D eigenvalue weighted by Gasteiger charge is -2.10. The summed E-state index contributed by atoms with van der Waals surface area (Å²) in [5.41, 5.74) is 5.79. The highest BCUT2D eigenvalue weighted by atomic mass is 16.5. The summed E-state index contributed by atoms with van der Waals surface area (Å²) in [4.78, 5) is 22.2. The molecule has 0 spiro atoms. The van der Waals surface area contributed by atoms with Crippen molar-refractivity contribution >= 4 is 11.7 Å². The zero-order valence-electron chi connectivity index (χ0n) is 10.1. The first-order valence-corrected chi connectivity index (χ1v) is 5.60. The molecule has 4 heteroatoms. The van der Waals surface area contributed by atoms with Crippen molar-refractivity contribution in [2.75, 3.05) is 6.61 Å². The molecule has 17 heavy (non-hydrogen) atoms. The van der Waals surface area contributed by atoms with Crippen LogP contribution in [-0.4, -0.2) is 18.3 Å². The first-order valence-electron chi connectivity index (χ1n) is 5.60. The fourth-order valence-corrected chi connectivity index (χ4v) is 1.24. The van der Waals surface area contributed by atoms with E-state index in [4.69, 9.17) is 10.5 Å². The normalized spacial score (nSPS) is 11.9. The van der Waals surface area contributed by atoms with Crippen LogP contribution in [0, 0.1) is 5.92 Å². The summed E-state index contributed by atoms with van der Waals surface area (Å²) in [7, 11) is 0. The molecule has 0 radical (unpaired) electrons. The first kappa shape index (κ1) is 13.2. The minimum Gasteiger partial charge on any atom is -0.493 e. The van der Waals surface area contributed by atoms with E-state index in [0.29, 0.717) is 17.7 Å². The Labute approximate surface area is 101 Å². The Hall–Kier alpha value is -1.84. The van der Waals surface area contributed by atoms with E-state index >= 15 is 0 Å². The quantitative estimate of drug-likeness (QED) is 0.764. The lowest BCUT2D eigenvalue weighted by molar-refractivity contribution is -0.122. The Balaban J connectivity index is 2.57. The molecule has 1 amide bonds. The second-order valence-electron chi connectivity index (χ2n) is 3.92. The molecule has 0 aliphatic carbocycles. The predicted octanol–water partition coefficient (Wildman–Crippen LogP) is 1.78. The standard InChI is InChI=1S/C13H17NO3/c1-3-12(15)10-4-6-11(7-5-10)17-8-9(2)13(14)16/h4-7,9H,3,8H2,1-2H3,(H2,14,16). The number of hydrogen-bond acceptors (Lipinski definition) is 3. The van der Waals surface area contributed by atoms with Crippen LogP contribution in [0.1, 0.15) is 30.6 Å². The van der Waals surface area contributed by atoms with Crippen molar-refractivity contribution in [2.45, 2.75) is 20.3 Å². The summed E-state index contributed by atoms with van der Waals surface area (Å²) in [6.07, 6.45) is 0.485. The number of carbonyl (C=O) groups is 2. The number of nitrogens with two attached hydrogens (primary N) is 1. The zero-order valence-corrected chi connectivity index (χ0v) is 10.1. The molecular weight excluding hydrogens is 218 g/mol. The Bertz CT molecular complexity index is 398. The molecule has 0 aromatic heterocycles. The highest BCUT2D eigenvalue weighted by Gasteiger charge is 2.09. The molecule has 1 aromatic rings. The van der Waals surface area contributed by atoms with E-state index in [1.807, 2.05) is 6.92 Å². The molecule has 0 fully saturated rings. The van der Waals surface area contributed by atoms with E-state index in [-0.39, 0.29) is 24.2 Å². The van der Waals surface area contributed by atoms with Gasteiger partial charge in [0.25, 0.3) is 0 Å². The number of primary amides is 1. The van der Waals surface area contributed by atoms with Gasteiger partial charge in [0.05, 0.1) is 12.5 Å². The van der Waals surface area contributed by atoms with Crippen LogP contribution in [0.4, 0.5) is 0 Å². The second kappa shape index (κ2) is 6.03. The van der Waals surface area contributed by atoms with E-state index in [1.165, 1.54) is 0 Å². The van der Waals surface area contributed by atoms with Crippen molar-refractivity contribution in [1.29, 1.82) is 0 Å². The van der Waals surface area contributed by atoms with Gasteiger partial charge in [0.2, 0.25) is 5.91 Å². The van der Waals surface area contributed by atoms with Gasteiger partial charge in [-0.2, -0.15) is 0 Å². The SMILES string of the molecule is CCC(=O)c1ccc(OCC(C)C(N)=O)cc1. The van der Waals surface area contributed by atoms with E-state index < -0.39 is 0 Å². The molecular formula is C13H17NO3. The predicted molar refractivity (Wildman–Crippen MR) is 64.9 cm³/mol. The Morgan fingerprint density at radius 2 is 1.88 bits per heavy atom. The van der Waals surface area contributed by atoms with Gasteiger partial charge in [0.15, 0.2) is 5.78 Å². The van der Waals surface area contributed by atoms with E-state index in [1.54, 1.807) is 31.2 Å².